The number of aryl methyl sites for hydroxylation is 1. The van der Waals surface area contributed by atoms with Gasteiger partial charge in [0.15, 0.2) is 6.10 Å². The molecule has 0 aromatic heterocycles. The maximum absolute atomic E-state index is 11.4. The molecule has 0 radical (unpaired) electrons. The first-order valence-electron chi connectivity index (χ1n) is 6.36. The van der Waals surface area contributed by atoms with Crippen molar-refractivity contribution in [2.75, 3.05) is 0 Å². The molecule has 21 heavy (non-hydrogen) atoms. The molecule has 0 fully saturated rings. The smallest absolute Gasteiger partial charge is 0.345 e. The number of rotatable bonds is 5. The summed E-state index contributed by atoms with van der Waals surface area (Å²) in [7, 11) is 0. The molecule has 0 spiro atoms. The van der Waals surface area contributed by atoms with Gasteiger partial charge in [0, 0.05) is 16.5 Å². The molecule has 0 heterocycles. The second-order valence-corrected chi connectivity index (χ2v) is 5.55. The van der Waals surface area contributed by atoms with Gasteiger partial charge in [-0.25, -0.2) is 4.79 Å². The highest BCUT2D eigenvalue weighted by molar-refractivity contribution is 6.30. The molecule has 5 heteroatoms. The number of aliphatic carboxylic acids is 1. The molecule has 0 aliphatic heterocycles. The lowest BCUT2D eigenvalue weighted by molar-refractivity contribution is -0.145. The Kier molecular flexibility index (Phi) is 5.10. The number of ether oxygens (including phenoxy) is 1. The molecule has 0 aliphatic rings. The first-order valence-corrected chi connectivity index (χ1v) is 7.11. The van der Waals surface area contributed by atoms with Gasteiger partial charge < -0.3 is 9.84 Å². The number of hydrogen-bond acceptors (Lipinski definition) is 2. The Morgan fingerprint density at radius 2 is 1.76 bits per heavy atom. The van der Waals surface area contributed by atoms with Crippen molar-refractivity contribution in [3.63, 3.8) is 0 Å². The lowest BCUT2D eigenvalue weighted by Crippen LogP contribution is -2.29. The van der Waals surface area contributed by atoms with Crippen LogP contribution in [0, 0.1) is 6.92 Å². The molecule has 0 saturated heterocycles. The topological polar surface area (TPSA) is 46.5 Å². The first-order chi connectivity index (χ1) is 9.95. The second kappa shape index (κ2) is 6.83. The number of carboxylic acid groups (broad SMARTS) is 1. The zero-order valence-electron chi connectivity index (χ0n) is 11.3. The van der Waals surface area contributed by atoms with E-state index in [1.807, 2.05) is 13.0 Å². The summed E-state index contributed by atoms with van der Waals surface area (Å²) in [6, 6.07) is 12.0. The average Bonchev–Trinajstić information content (AvgIpc) is 2.44. The molecule has 1 N–H and O–H groups in total. The standard InChI is InChI=1S/C16H14Cl2O3/c1-10-2-3-13(18)8-11(10)9-15(16(19)20)21-14-6-4-12(17)5-7-14/h2-8,15H,9H2,1H3,(H,19,20)/t15-/m1/s1. The lowest BCUT2D eigenvalue weighted by atomic mass is 10.0. The van der Waals surface area contributed by atoms with E-state index in [2.05, 4.69) is 0 Å². The molecular weight excluding hydrogens is 311 g/mol. The van der Waals surface area contributed by atoms with E-state index < -0.39 is 12.1 Å². The Balaban J connectivity index is 2.17. The molecule has 0 amide bonds. The van der Waals surface area contributed by atoms with Crippen molar-refractivity contribution in [2.24, 2.45) is 0 Å². The van der Waals surface area contributed by atoms with Crippen LogP contribution in [0.5, 0.6) is 5.75 Å². The third-order valence-corrected chi connectivity index (χ3v) is 3.57. The van der Waals surface area contributed by atoms with Gasteiger partial charge in [-0.1, -0.05) is 29.3 Å². The number of benzene rings is 2. The van der Waals surface area contributed by atoms with Crippen molar-refractivity contribution < 1.29 is 14.6 Å². The molecule has 2 aromatic carbocycles. The fourth-order valence-electron chi connectivity index (χ4n) is 1.92. The van der Waals surface area contributed by atoms with E-state index in [1.165, 1.54) is 0 Å². The molecule has 2 rings (SSSR count). The summed E-state index contributed by atoms with van der Waals surface area (Å²) in [5, 5.41) is 10.5. The SMILES string of the molecule is Cc1ccc(Cl)cc1C[C@@H](Oc1ccc(Cl)cc1)C(=O)O. The van der Waals surface area contributed by atoms with Gasteiger partial charge in [0.1, 0.15) is 5.75 Å². The molecular formula is C16H14Cl2O3. The van der Waals surface area contributed by atoms with Crippen molar-refractivity contribution in [3.8, 4) is 5.75 Å². The van der Waals surface area contributed by atoms with Crippen LogP contribution in [0.2, 0.25) is 10.0 Å². The minimum absolute atomic E-state index is 0.240. The van der Waals surface area contributed by atoms with Crippen molar-refractivity contribution >= 4 is 29.2 Å². The minimum Gasteiger partial charge on any atom is -0.478 e. The Morgan fingerprint density at radius 3 is 2.38 bits per heavy atom. The lowest BCUT2D eigenvalue weighted by Gasteiger charge is -2.16. The Hall–Kier alpha value is -1.71. The summed E-state index contributed by atoms with van der Waals surface area (Å²) in [5.74, 6) is -0.559. The number of carbonyl (C=O) groups is 1. The zero-order valence-corrected chi connectivity index (χ0v) is 12.9. The van der Waals surface area contributed by atoms with Gasteiger partial charge in [-0.05, 0) is 54.4 Å². The number of halogens is 2. The van der Waals surface area contributed by atoms with Crippen LogP contribution in [0.3, 0.4) is 0 Å². The molecule has 0 aliphatic carbocycles. The normalized spacial score (nSPS) is 12.0. The van der Waals surface area contributed by atoms with Gasteiger partial charge in [-0.3, -0.25) is 0 Å². The van der Waals surface area contributed by atoms with Crippen molar-refractivity contribution in [3.05, 3.63) is 63.6 Å². The summed E-state index contributed by atoms with van der Waals surface area (Å²) >= 11 is 11.7. The van der Waals surface area contributed by atoms with Crippen LogP contribution < -0.4 is 4.74 Å². The maximum Gasteiger partial charge on any atom is 0.345 e. The minimum atomic E-state index is -1.02. The molecule has 0 bridgehead atoms. The van der Waals surface area contributed by atoms with Crippen molar-refractivity contribution in [1.29, 1.82) is 0 Å². The number of carboxylic acids is 1. The second-order valence-electron chi connectivity index (χ2n) is 4.67. The van der Waals surface area contributed by atoms with Gasteiger partial charge in [0.05, 0.1) is 0 Å². The molecule has 2 aromatic rings. The van der Waals surface area contributed by atoms with E-state index in [0.29, 0.717) is 15.8 Å². The van der Waals surface area contributed by atoms with Crippen LogP contribution >= 0.6 is 23.2 Å². The summed E-state index contributed by atoms with van der Waals surface area (Å²) in [6.07, 6.45) is -0.743. The molecule has 110 valence electrons. The quantitative estimate of drug-likeness (QED) is 0.887. The highest BCUT2D eigenvalue weighted by Crippen LogP contribution is 2.21. The predicted octanol–water partition coefficient (Wildman–Crippen LogP) is 4.38. The van der Waals surface area contributed by atoms with E-state index in [-0.39, 0.29) is 6.42 Å². The van der Waals surface area contributed by atoms with Gasteiger partial charge in [-0.2, -0.15) is 0 Å². The maximum atomic E-state index is 11.4. The van der Waals surface area contributed by atoms with E-state index >= 15 is 0 Å². The Bertz CT molecular complexity index is 638. The molecule has 0 unspecified atom stereocenters. The van der Waals surface area contributed by atoms with Crippen LogP contribution in [0.4, 0.5) is 0 Å². The largest absolute Gasteiger partial charge is 0.478 e. The van der Waals surface area contributed by atoms with Crippen LogP contribution in [-0.2, 0) is 11.2 Å². The van der Waals surface area contributed by atoms with Crippen LogP contribution in [0.15, 0.2) is 42.5 Å². The fourth-order valence-corrected chi connectivity index (χ4v) is 2.24. The van der Waals surface area contributed by atoms with Crippen LogP contribution in [0.25, 0.3) is 0 Å². The third kappa shape index (κ3) is 4.38. The van der Waals surface area contributed by atoms with E-state index in [0.717, 1.165) is 11.1 Å². The number of hydrogen-bond donors (Lipinski definition) is 1. The summed E-state index contributed by atoms with van der Waals surface area (Å²) < 4.78 is 5.53. The van der Waals surface area contributed by atoms with Gasteiger partial charge in [0.25, 0.3) is 0 Å². The van der Waals surface area contributed by atoms with Gasteiger partial charge in [0.2, 0.25) is 0 Å². The molecule has 0 saturated carbocycles. The van der Waals surface area contributed by atoms with E-state index in [1.54, 1.807) is 36.4 Å². The highest BCUT2D eigenvalue weighted by Gasteiger charge is 2.21. The Labute approximate surface area is 133 Å². The van der Waals surface area contributed by atoms with E-state index in [4.69, 9.17) is 27.9 Å². The summed E-state index contributed by atoms with van der Waals surface area (Å²) in [6.45, 7) is 1.91. The monoisotopic (exact) mass is 324 g/mol. The van der Waals surface area contributed by atoms with Crippen molar-refractivity contribution in [1.82, 2.24) is 0 Å². The molecule has 1 atom stereocenters. The van der Waals surface area contributed by atoms with Gasteiger partial charge >= 0.3 is 5.97 Å². The van der Waals surface area contributed by atoms with E-state index in [9.17, 15) is 9.90 Å². The summed E-state index contributed by atoms with van der Waals surface area (Å²) in [5.41, 5.74) is 1.83. The van der Waals surface area contributed by atoms with Crippen molar-refractivity contribution in [2.45, 2.75) is 19.4 Å². The van der Waals surface area contributed by atoms with Gasteiger partial charge in [-0.15, -0.1) is 0 Å². The highest BCUT2D eigenvalue weighted by atomic mass is 35.5. The fraction of sp³-hybridized carbons (Fsp3) is 0.188. The Morgan fingerprint density at radius 1 is 1.14 bits per heavy atom. The predicted molar refractivity (Wildman–Crippen MR) is 83.4 cm³/mol. The van der Waals surface area contributed by atoms with Crippen LogP contribution in [0.1, 0.15) is 11.1 Å². The average molecular weight is 325 g/mol. The zero-order chi connectivity index (χ0) is 15.4. The van der Waals surface area contributed by atoms with Crippen LogP contribution in [-0.4, -0.2) is 17.2 Å². The first kappa shape index (κ1) is 15.7. The third-order valence-electron chi connectivity index (χ3n) is 3.08. The summed E-state index contributed by atoms with van der Waals surface area (Å²) in [4.78, 5) is 11.4. The molecule has 3 nitrogen and oxygen atoms in total.